The van der Waals surface area contributed by atoms with E-state index in [1.165, 1.54) is 25.7 Å². The maximum atomic E-state index is 12.6. The standard InChI is InChI=1S/C19H23N3OS/c1-12-20-18(11-24-12)13-6-4-7-15(9-13)21-19(23)17-10-14-5-2-3-8-16(14)22-17/h4,6-7,9,11,14,16-17,22H,2-3,5,8,10H2,1H3,(H,21,23). The Morgan fingerprint density at radius 1 is 1.33 bits per heavy atom. The van der Waals surface area contributed by atoms with Crippen LogP contribution in [0, 0.1) is 12.8 Å². The number of anilines is 1. The number of amides is 1. The average Bonchev–Trinajstić information content (AvgIpc) is 3.21. The Hall–Kier alpha value is -1.72. The van der Waals surface area contributed by atoms with Gasteiger partial charge >= 0.3 is 0 Å². The SMILES string of the molecule is Cc1nc(-c2cccc(NC(=O)C3CC4CCCCC4N3)c2)cs1. The molecule has 0 spiro atoms. The Balaban J connectivity index is 1.44. The third-order valence-electron chi connectivity index (χ3n) is 5.22. The van der Waals surface area contributed by atoms with Gasteiger partial charge in [0.2, 0.25) is 5.91 Å². The highest BCUT2D eigenvalue weighted by atomic mass is 32.1. The van der Waals surface area contributed by atoms with Gasteiger partial charge < -0.3 is 10.6 Å². The van der Waals surface area contributed by atoms with Gasteiger partial charge in [0.1, 0.15) is 0 Å². The van der Waals surface area contributed by atoms with Crippen LogP contribution in [0.4, 0.5) is 5.69 Å². The lowest BCUT2D eigenvalue weighted by atomic mass is 9.85. The lowest BCUT2D eigenvalue weighted by molar-refractivity contribution is -0.117. The molecule has 5 heteroatoms. The number of hydrogen-bond acceptors (Lipinski definition) is 4. The summed E-state index contributed by atoms with van der Waals surface area (Å²) in [6.45, 7) is 2.00. The second-order valence-corrected chi connectivity index (χ2v) is 7.99. The molecular formula is C19H23N3OS. The van der Waals surface area contributed by atoms with E-state index in [0.717, 1.165) is 28.4 Å². The molecule has 3 atom stereocenters. The molecule has 2 N–H and O–H groups in total. The molecule has 1 saturated heterocycles. The van der Waals surface area contributed by atoms with E-state index in [-0.39, 0.29) is 11.9 Å². The highest BCUT2D eigenvalue weighted by Gasteiger charge is 2.38. The minimum Gasteiger partial charge on any atom is -0.325 e. The van der Waals surface area contributed by atoms with Crippen LogP contribution in [0.3, 0.4) is 0 Å². The number of aromatic nitrogens is 1. The first-order chi connectivity index (χ1) is 11.7. The fraction of sp³-hybridized carbons (Fsp3) is 0.474. The average molecular weight is 341 g/mol. The zero-order chi connectivity index (χ0) is 16.5. The summed E-state index contributed by atoms with van der Waals surface area (Å²) in [5, 5.41) is 9.73. The van der Waals surface area contributed by atoms with E-state index >= 15 is 0 Å². The van der Waals surface area contributed by atoms with Crippen molar-refractivity contribution in [2.24, 2.45) is 5.92 Å². The van der Waals surface area contributed by atoms with Crippen molar-refractivity contribution >= 4 is 22.9 Å². The topological polar surface area (TPSA) is 54.0 Å². The molecule has 2 aliphatic rings. The highest BCUT2D eigenvalue weighted by Crippen LogP contribution is 2.33. The van der Waals surface area contributed by atoms with Crippen LogP contribution in [0.15, 0.2) is 29.6 Å². The number of benzene rings is 1. The number of carbonyl (C=O) groups is 1. The molecule has 1 saturated carbocycles. The Labute approximate surface area is 146 Å². The first-order valence-electron chi connectivity index (χ1n) is 8.78. The van der Waals surface area contributed by atoms with Gasteiger partial charge in [-0.1, -0.05) is 25.0 Å². The fourth-order valence-corrected chi connectivity index (χ4v) is 4.62. The first-order valence-corrected chi connectivity index (χ1v) is 9.66. The minimum atomic E-state index is -0.0525. The van der Waals surface area contributed by atoms with Crippen LogP contribution in [-0.4, -0.2) is 23.0 Å². The zero-order valence-electron chi connectivity index (χ0n) is 13.9. The van der Waals surface area contributed by atoms with Crippen LogP contribution >= 0.6 is 11.3 Å². The summed E-state index contributed by atoms with van der Waals surface area (Å²) in [6, 6.07) is 8.45. The van der Waals surface area contributed by atoms with Crippen molar-refractivity contribution in [1.29, 1.82) is 0 Å². The van der Waals surface area contributed by atoms with Gasteiger partial charge in [-0.05, 0) is 44.2 Å². The van der Waals surface area contributed by atoms with E-state index in [1.807, 2.05) is 31.2 Å². The van der Waals surface area contributed by atoms with E-state index in [4.69, 9.17) is 0 Å². The smallest absolute Gasteiger partial charge is 0.241 e. The molecule has 4 nitrogen and oxygen atoms in total. The maximum absolute atomic E-state index is 12.6. The molecule has 2 aromatic rings. The Kier molecular flexibility index (Phi) is 4.37. The lowest BCUT2D eigenvalue weighted by Crippen LogP contribution is -2.39. The zero-order valence-corrected chi connectivity index (χ0v) is 14.7. The largest absolute Gasteiger partial charge is 0.325 e. The Morgan fingerprint density at radius 2 is 2.21 bits per heavy atom. The van der Waals surface area contributed by atoms with Crippen molar-refractivity contribution in [3.63, 3.8) is 0 Å². The maximum Gasteiger partial charge on any atom is 0.241 e. The molecule has 1 aliphatic carbocycles. The third-order valence-corrected chi connectivity index (χ3v) is 6.00. The van der Waals surface area contributed by atoms with E-state index in [9.17, 15) is 4.79 Å². The van der Waals surface area contributed by atoms with Crippen molar-refractivity contribution in [3.8, 4) is 11.3 Å². The first kappa shape index (κ1) is 15.8. The van der Waals surface area contributed by atoms with E-state index in [1.54, 1.807) is 11.3 Å². The summed E-state index contributed by atoms with van der Waals surface area (Å²) < 4.78 is 0. The molecule has 3 unspecified atom stereocenters. The molecule has 1 aliphatic heterocycles. The quantitative estimate of drug-likeness (QED) is 0.888. The molecular weight excluding hydrogens is 318 g/mol. The third kappa shape index (κ3) is 3.23. The Bertz CT molecular complexity index is 728. The summed E-state index contributed by atoms with van der Waals surface area (Å²) in [5.41, 5.74) is 2.86. The molecule has 2 heterocycles. The number of rotatable bonds is 3. The summed E-state index contributed by atoms with van der Waals surface area (Å²) in [4.78, 5) is 17.1. The van der Waals surface area contributed by atoms with Gasteiger partial charge in [-0.3, -0.25) is 4.79 Å². The summed E-state index contributed by atoms with van der Waals surface area (Å²) in [6.07, 6.45) is 6.05. The van der Waals surface area contributed by atoms with Crippen molar-refractivity contribution < 1.29 is 4.79 Å². The molecule has 1 aromatic carbocycles. The van der Waals surface area contributed by atoms with Gasteiger partial charge in [0.05, 0.1) is 16.7 Å². The molecule has 126 valence electrons. The number of nitrogens with one attached hydrogen (secondary N) is 2. The number of hydrogen-bond donors (Lipinski definition) is 2. The molecule has 0 radical (unpaired) electrons. The van der Waals surface area contributed by atoms with Gasteiger partial charge in [-0.2, -0.15) is 0 Å². The van der Waals surface area contributed by atoms with Gasteiger partial charge in [-0.25, -0.2) is 4.98 Å². The molecule has 24 heavy (non-hydrogen) atoms. The van der Waals surface area contributed by atoms with Crippen molar-refractivity contribution in [2.45, 2.75) is 51.1 Å². The predicted molar refractivity (Wildman–Crippen MR) is 98.2 cm³/mol. The van der Waals surface area contributed by atoms with Crippen molar-refractivity contribution in [2.75, 3.05) is 5.32 Å². The van der Waals surface area contributed by atoms with Gasteiger partial charge in [-0.15, -0.1) is 11.3 Å². The summed E-state index contributed by atoms with van der Waals surface area (Å²) >= 11 is 1.64. The number of aryl methyl sites for hydroxylation is 1. The van der Waals surface area contributed by atoms with Crippen molar-refractivity contribution in [1.82, 2.24) is 10.3 Å². The van der Waals surface area contributed by atoms with Gasteiger partial charge in [0, 0.05) is 22.7 Å². The number of thiazole rings is 1. The van der Waals surface area contributed by atoms with E-state index in [0.29, 0.717) is 12.0 Å². The van der Waals surface area contributed by atoms with Crippen LogP contribution in [0.25, 0.3) is 11.3 Å². The molecule has 1 amide bonds. The second-order valence-electron chi connectivity index (χ2n) is 6.93. The van der Waals surface area contributed by atoms with Crippen LogP contribution in [0.5, 0.6) is 0 Å². The molecule has 4 rings (SSSR count). The van der Waals surface area contributed by atoms with Crippen molar-refractivity contribution in [3.05, 3.63) is 34.7 Å². The minimum absolute atomic E-state index is 0.0525. The van der Waals surface area contributed by atoms with Crippen LogP contribution in [0.2, 0.25) is 0 Å². The molecule has 2 fully saturated rings. The van der Waals surface area contributed by atoms with E-state index in [2.05, 4.69) is 21.0 Å². The summed E-state index contributed by atoms with van der Waals surface area (Å²) in [5.74, 6) is 0.773. The normalized spacial score (nSPS) is 26.1. The van der Waals surface area contributed by atoms with Gasteiger partial charge in [0.15, 0.2) is 0 Å². The summed E-state index contributed by atoms with van der Waals surface area (Å²) in [7, 11) is 0. The molecule has 0 bridgehead atoms. The fourth-order valence-electron chi connectivity index (χ4n) is 4.00. The second kappa shape index (κ2) is 6.65. The van der Waals surface area contributed by atoms with Gasteiger partial charge in [0.25, 0.3) is 0 Å². The Morgan fingerprint density at radius 3 is 3.00 bits per heavy atom. The van der Waals surface area contributed by atoms with Crippen LogP contribution in [-0.2, 0) is 4.79 Å². The number of carbonyl (C=O) groups excluding carboxylic acids is 1. The monoisotopic (exact) mass is 341 g/mol. The molecule has 1 aromatic heterocycles. The van der Waals surface area contributed by atoms with Crippen LogP contribution < -0.4 is 10.6 Å². The van der Waals surface area contributed by atoms with E-state index < -0.39 is 0 Å². The number of fused-ring (bicyclic) bond motifs is 1. The highest BCUT2D eigenvalue weighted by molar-refractivity contribution is 7.09. The lowest BCUT2D eigenvalue weighted by Gasteiger charge is -2.24. The number of nitrogens with zero attached hydrogens (tertiary/aromatic N) is 1. The predicted octanol–water partition coefficient (Wildman–Crippen LogP) is 3.98. The van der Waals surface area contributed by atoms with Crippen LogP contribution in [0.1, 0.15) is 37.1 Å².